The van der Waals surface area contributed by atoms with Crippen LogP contribution in [-0.2, 0) is 13.0 Å². The molecule has 0 fully saturated rings. The highest BCUT2D eigenvalue weighted by Crippen LogP contribution is 2.28. The molecule has 3 heterocycles. The van der Waals surface area contributed by atoms with Crippen LogP contribution in [0.4, 0.5) is 29.1 Å². The van der Waals surface area contributed by atoms with Crippen LogP contribution in [0, 0.1) is 11.3 Å². The molecular weight excluding hydrogens is 376 g/mol. The fourth-order valence-corrected chi connectivity index (χ4v) is 3.52. The molecule has 2 aromatic heterocycles. The van der Waals surface area contributed by atoms with E-state index in [4.69, 9.17) is 5.73 Å². The van der Waals surface area contributed by atoms with Crippen molar-refractivity contribution in [2.45, 2.75) is 13.0 Å². The molecule has 0 atom stereocenters. The zero-order chi connectivity index (χ0) is 21.1. The van der Waals surface area contributed by atoms with Crippen molar-refractivity contribution in [3.8, 4) is 6.07 Å². The minimum Gasteiger partial charge on any atom is -0.384 e. The van der Waals surface area contributed by atoms with Gasteiger partial charge in [0.2, 0.25) is 5.95 Å². The third-order valence-corrected chi connectivity index (χ3v) is 4.96. The quantitative estimate of drug-likeness (QED) is 0.598. The molecule has 0 radical (unpaired) electrons. The standard InChI is InChI=1S/C22H22N8/c1-3-14-9-17(10-15-13-30(2)8-7-18(14)15)26-22-25-12-16(11-23)21(29-22)28-20-6-4-5-19(24)27-20/h3-6,9-10,12H,1,7-8,13H2,2H3,(H4,24,25,26,27,28,29). The first-order chi connectivity index (χ1) is 14.6. The van der Waals surface area contributed by atoms with Crippen LogP contribution in [0.1, 0.15) is 22.3 Å². The number of anilines is 5. The largest absolute Gasteiger partial charge is 0.384 e. The molecule has 30 heavy (non-hydrogen) atoms. The van der Waals surface area contributed by atoms with Crippen LogP contribution < -0.4 is 16.4 Å². The molecular formula is C22H22N8. The van der Waals surface area contributed by atoms with Gasteiger partial charge in [0.05, 0.1) is 6.20 Å². The Morgan fingerprint density at radius 1 is 1.27 bits per heavy atom. The predicted octanol–water partition coefficient (Wildman–Crippen LogP) is 3.44. The van der Waals surface area contributed by atoms with Gasteiger partial charge in [0, 0.05) is 18.8 Å². The van der Waals surface area contributed by atoms with Crippen molar-refractivity contribution in [2.75, 3.05) is 30.0 Å². The summed E-state index contributed by atoms with van der Waals surface area (Å²) in [5, 5.41) is 15.7. The molecule has 1 aliphatic rings. The number of pyridine rings is 1. The predicted molar refractivity (Wildman–Crippen MR) is 119 cm³/mol. The molecule has 0 saturated carbocycles. The highest BCUT2D eigenvalue weighted by Gasteiger charge is 2.17. The summed E-state index contributed by atoms with van der Waals surface area (Å²) in [7, 11) is 2.11. The average molecular weight is 398 g/mol. The first-order valence-electron chi connectivity index (χ1n) is 9.56. The van der Waals surface area contributed by atoms with Gasteiger partial charge in [-0.1, -0.05) is 18.7 Å². The van der Waals surface area contributed by atoms with Gasteiger partial charge >= 0.3 is 0 Å². The number of nitrogens with one attached hydrogen (secondary N) is 2. The normalized spacial score (nSPS) is 13.2. The van der Waals surface area contributed by atoms with Gasteiger partial charge in [0.15, 0.2) is 5.82 Å². The van der Waals surface area contributed by atoms with Crippen molar-refractivity contribution < 1.29 is 0 Å². The van der Waals surface area contributed by atoms with E-state index in [2.05, 4.69) is 56.2 Å². The van der Waals surface area contributed by atoms with E-state index in [0.717, 1.165) is 30.8 Å². The number of rotatable bonds is 5. The Hall–Kier alpha value is -3.96. The van der Waals surface area contributed by atoms with E-state index in [1.54, 1.807) is 18.2 Å². The molecule has 3 aromatic rings. The van der Waals surface area contributed by atoms with Gasteiger partial charge in [-0.05, 0) is 54.4 Å². The summed E-state index contributed by atoms with van der Waals surface area (Å²) < 4.78 is 0. The second-order valence-corrected chi connectivity index (χ2v) is 7.16. The minimum absolute atomic E-state index is 0.309. The number of nitrogens with zero attached hydrogens (tertiary/aromatic N) is 5. The lowest BCUT2D eigenvalue weighted by molar-refractivity contribution is 0.313. The Balaban J connectivity index is 1.64. The van der Waals surface area contributed by atoms with Gasteiger partial charge in [-0.15, -0.1) is 0 Å². The smallest absolute Gasteiger partial charge is 0.229 e. The zero-order valence-electron chi connectivity index (χ0n) is 16.7. The summed E-state index contributed by atoms with van der Waals surface area (Å²) >= 11 is 0. The Labute approximate surface area is 175 Å². The number of nitrogen functional groups attached to an aromatic ring is 1. The number of fused-ring (bicyclic) bond motifs is 1. The van der Waals surface area contributed by atoms with Crippen molar-refractivity contribution in [2.24, 2.45) is 0 Å². The summed E-state index contributed by atoms with van der Waals surface area (Å²) in [6, 6.07) is 11.5. The molecule has 0 spiro atoms. The van der Waals surface area contributed by atoms with E-state index < -0.39 is 0 Å². The number of aromatic nitrogens is 3. The molecule has 1 aromatic carbocycles. The van der Waals surface area contributed by atoms with E-state index in [0.29, 0.717) is 29.0 Å². The monoisotopic (exact) mass is 398 g/mol. The molecule has 150 valence electrons. The maximum Gasteiger partial charge on any atom is 0.229 e. The van der Waals surface area contributed by atoms with Gasteiger partial charge in [-0.2, -0.15) is 10.2 Å². The van der Waals surface area contributed by atoms with Crippen molar-refractivity contribution in [3.63, 3.8) is 0 Å². The summed E-state index contributed by atoms with van der Waals surface area (Å²) in [6.07, 6.45) is 4.36. The molecule has 4 N–H and O–H groups in total. The van der Waals surface area contributed by atoms with E-state index in [1.165, 1.54) is 17.3 Å². The van der Waals surface area contributed by atoms with Crippen LogP contribution in [0.25, 0.3) is 6.08 Å². The number of nitrogens with two attached hydrogens (primary N) is 1. The van der Waals surface area contributed by atoms with Crippen molar-refractivity contribution in [3.05, 3.63) is 65.4 Å². The van der Waals surface area contributed by atoms with Crippen LogP contribution in [0.2, 0.25) is 0 Å². The van der Waals surface area contributed by atoms with Crippen LogP contribution in [0.15, 0.2) is 43.1 Å². The third-order valence-electron chi connectivity index (χ3n) is 4.96. The number of benzene rings is 1. The number of nitriles is 1. The Morgan fingerprint density at radius 3 is 2.90 bits per heavy atom. The summed E-state index contributed by atoms with van der Waals surface area (Å²) in [5.74, 6) is 1.61. The highest BCUT2D eigenvalue weighted by atomic mass is 15.2. The van der Waals surface area contributed by atoms with Crippen LogP contribution >= 0.6 is 0 Å². The molecule has 4 rings (SSSR count). The minimum atomic E-state index is 0.309. The molecule has 0 amide bonds. The molecule has 1 aliphatic heterocycles. The number of likely N-dealkylation sites (N-methyl/N-ethyl adjacent to an activating group) is 1. The van der Waals surface area contributed by atoms with Crippen molar-refractivity contribution >= 4 is 35.2 Å². The van der Waals surface area contributed by atoms with E-state index in [1.807, 2.05) is 12.1 Å². The van der Waals surface area contributed by atoms with Crippen LogP contribution in [0.3, 0.4) is 0 Å². The molecule has 0 aliphatic carbocycles. The van der Waals surface area contributed by atoms with Gasteiger partial charge in [-0.3, -0.25) is 0 Å². The molecule has 8 heteroatoms. The zero-order valence-corrected chi connectivity index (χ0v) is 16.7. The van der Waals surface area contributed by atoms with Gasteiger partial charge in [0.1, 0.15) is 23.3 Å². The van der Waals surface area contributed by atoms with Gasteiger partial charge < -0.3 is 21.3 Å². The van der Waals surface area contributed by atoms with Gasteiger partial charge in [-0.25, -0.2) is 9.97 Å². The fraction of sp³-hybridized carbons (Fsp3) is 0.182. The summed E-state index contributed by atoms with van der Waals surface area (Å²) in [4.78, 5) is 15.2. The molecule has 0 bridgehead atoms. The maximum atomic E-state index is 9.41. The second-order valence-electron chi connectivity index (χ2n) is 7.16. The molecule has 0 unspecified atom stereocenters. The lowest BCUT2D eigenvalue weighted by atomic mass is 9.94. The van der Waals surface area contributed by atoms with Gasteiger partial charge in [0.25, 0.3) is 0 Å². The Bertz CT molecular complexity index is 1150. The lowest BCUT2D eigenvalue weighted by Crippen LogP contribution is -2.27. The SMILES string of the molecule is C=Cc1cc(Nc2ncc(C#N)c(Nc3cccc(N)n3)n2)cc2c1CCN(C)C2. The number of hydrogen-bond acceptors (Lipinski definition) is 8. The highest BCUT2D eigenvalue weighted by molar-refractivity contribution is 5.68. The van der Waals surface area contributed by atoms with Crippen LogP contribution in [0.5, 0.6) is 0 Å². The fourth-order valence-electron chi connectivity index (χ4n) is 3.52. The molecule has 8 nitrogen and oxygen atoms in total. The molecule has 0 saturated heterocycles. The van der Waals surface area contributed by atoms with Crippen molar-refractivity contribution in [1.29, 1.82) is 5.26 Å². The van der Waals surface area contributed by atoms with Crippen LogP contribution in [-0.4, -0.2) is 33.4 Å². The Kier molecular flexibility index (Phi) is 5.28. The Morgan fingerprint density at radius 2 is 2.13 bits per heavy atom. The average Bonchev–Trinajstić information content (AvgIpc) is 2.73. The number of hydrogen-bond donors (Lipinski definition) is 3. The maximum absolute atomic E-state index is 9.41. The first kappa shape index (κ1) is 19.4. The third kappa shape index (κ3) is 4.06. The van der Waals surface area contributed by atoms with E-state index >= 15 is 0 Å². The van der Waals surface area contributed by atoms with E-state index in [-0.39, 0.29) is 0 Å². The summed E-state index contributed by atoms with van der Waals surface area (Å²) in [5.41, 5.74) is 10.6. The first-order valence-corrected chi connectivity index (χ1v) is 9.56. The van der Waals surface area contributed by atoms with Crippen molar-refractivity contribution in [1.82, 2.24) is 19.9 Å². The summed E-state index contributed by atoms with van der Waals surface area (Å²) in [6.45, 7) is 5.88. The second kappa shape index (κ2) is 8.19. The van der Waals surface area contributed by atoms with E-state index in [9.17, 15) is 5.26 Å². The topological polar surface area (TPSA) is 116 Å². The lowest BCUT2D eigenvalue weighted by Gasteiger charge is -2.27.